The van der Waals surface area contributed by atoms with Gasteiger partial charge in [-0.05, 0) is 12.1 Å². The molecule has 0 unspecified atom stereocenters. The molecular weight excluding hydrogens is 363 g/mol. The minimum Gasteiger partial charge on any atom is -0.438 e. The Kier molecular flexibility index (Phi) is 5.98. The Labute approximate surface area is 134 Å². The van der Waals surface area contributed by atoms with Crippen molar-refractivity contribution < 1.29 is 39.6 Å². The molecule has 1 heterocycles. The Bertz CT molecular complexity index is 680. The number of carbonyl (C=O) groups excluding carboxylic acids is 1. The summed E-state index contributed by atoms with van der Waals surface area (Å²) in [6.07, 6.45) is -5.82. The summed E-state index contributed by atoms with van der Waals surface area (Å²) in [6.45, 7) is 1.39. The average Bonchev–Trinajstić information content (AvgIpc) is 2.95. The van der Waals surface area contributed by atoms with E-state index in [0.29, 0.717) is 0 Å². The van der Waals surface area contributed by atoms with Crippen LogP contribution in [-0.2, 0) is 10.0 Å². The highest BCUT2D eigenvalue weighted by atomic mass is 32.2. The largest absolute Gasteiger partial charge is 0.455 e. The fourth-order valence-corrected chi connectivity index (χ4v) is 3.02. The van der Waals surface area contributed by atoms with Crippen LogP contribution in [0, 0.1) is 0 Å². The molecule has 0 fully saturated rings. The van der Waals surface area contributed by atoms with E-state index in [1.165, 1.54) is 5.32 Å². The summed E-state index contributed by atoms with van der Waals surface area (Å²) >= 11 is 0. The van der Waals surface area contributed by atoms with Gasteiger partial charge in [0.1, 0.15) is 0 Å². The van der Waals surface area contributed by atoms with Crippen molar-refractivity contribution in [2.75, 3.05) is 19.6 Å². The molecule has 0 aromatic carbocycles. The lowest BCUT2D eigenvalue weighted by Crippen LogP contribution is -2.46. The molecule has 1 aromatic heterocycles. The third-order valence-corrected chi connectivity index (χ3v) is 4.91. The zero-order valence-corrected chi connectivity index (χ0v) is 13.5. The van der Waals surface area contributed by atoms with Crippen molar-refractivity contribution in [3.63, 3.8) is 0 Å². The average molecular weight is 378 g/mol. The fourth-order valence-electron chi connectivity index (χ4n) is 1.65. The molecule has 0 saturated carbocycles. The van der Waals surface area contributed by atoms with E-state index < -0.39 is 45.4 Å². The first-order chi connectivity index (χ1) is 10.9. The lowest BCUT2D eigenvalue weighted by molar-refractivity contribution is -0.278. The molecule has 0 aliphatic carbocycles. The lowest BCUT2D eigenvalue weighted by atomic mass is 10.3. The number of amides is 1. The van der Waals surface area contributed by atoms with E-state index >= 15 is 0 Å². The number of hydrogen-bond acceptors (Lipinski definition) is 4. The summed E-state index contributed by atoms with van der Waals surface area (Å²) in [4.78, 5) is 11.6. The van der Waals surface area contributed by atoms with Crippen LogP contribution in [0.1, 0.15) is 24.4 Å². The Morgan fingerprint density at radius 1 is 1.17 bits per heavy atom. The van der Waals surface area contributed by atoms with Crippen LogP contribution in [0.4, 0.5) is 22.0 Å². The monoisotopic (exact) mass is 378 g/mol. The second-order valence-electron chi connectivity index (χ2n) is 4.59. The van der Waals surface area contributed by atoms with Crippen molar-refractivity contribution in [2.45, 2.75) is 31.0 Å². The number of nitrogens with one attached hydrogen (secondary N) is 1. The molecule has 1 N–H and O–H groups in total. The first-order valence-electron chi connectivity index (χ1n) is 6.69. The molecule has 1 rings (SSSR count). The maximum Gasteiger partial charge on any atom is 0.455 e. The molecule has 0 radical (unpaired) electrons. The quantitative estimate of drug-likeness (QED) is 0.738. The van der Waals surface area contributed by atoms with Crippen LogP contribution >= 0.6 is 0 Å². The predicted molar refractivity (Wildman–Crippen MR) is 72.2 cm³/mol. The number of sulfonamides is 1. The number of carbonyl (C=O) groups is 1. The van der Waals surface area contributed by atoms with Gasteiger partial charge in [-0.2, -0.15) is 26.3 Å². The molecule has 6 nitrogen and oxygen atoms in total. The number of hydrogen-bond donors (Lipinski definition) is 1. The van der Waals surface area contributed by atoms with E-state index in [1.807, 2.05) is 0 Å². The van der Waals surface area contributed by atoms with Crippen molar-refractivity contribution in [2.24, 2.45) is 0 Å². The van der Waals surface area contributed by atoms with Gasteiger partial charge in [-0.25, -0.2) is 8.42 Å². The van der Waals surface area contributed by atoms with Gasteiger partial charge >= 0.3 is 12.1 Å². The Hall–Kier alpha value is -1.69. The number of halogens is 5. The maximum atomic E-state index is 12.7. The van der Waals surface area contributed by atoms with Gasteiger partial charge < -0.3 is 9.73 Å². The second kappa shape index (κ2) is 7.05. The molecule has 0 aliphatic rings. The van der Waals surface area contributed by atoms with Crippen molar-refractivity contribution >= 4 is 15.9 Å². The number of nitrogens with zero attached hydrogens (tertiary/aromatic N) is 1. The third kappa shape index (κ3) is 4.23. The molecule has 1 amide bonds. The Morgan fingerprint density at radius 3 is 2.17 bits per heavy atom. The highest BCUT2D eigenvalue weighted by Gasteiger charge is 2.57. The van der Waals surface area contributed by atoms with E-state index in [-0.39, 0.29) is 13.1 Å². The molecule has 1 aromatic rings. The summed E-state index contributed by atoms with van der Waals surface area (Å²) in [5.74, 6) is -7.20. The number of furan rings is 1. The third-order valence-electron chi connectivity index (χ3n) is 2.99. The molecule has 0 spiro atoms. The van der Waals surface area contributed by atoms with Gasteiger partial charge in [0.05, 0.1) is 6.54 Å². The van der Waals surface area contributed by atoms with Crippen LogP contribution in [0.5, 0.6) is 0 Å². The second-order valence-corrected chi connectivity index (χ2v) is 6.46. The molecule has 138 valence electrons. The minimum atomic E-state index is -5.82. The smallest absolute Gasteiger partial charge is 0.438 e. The first-order valence-corrected chi connectivity index (χ1v) is 8.13. The minimum absolute atomic E-state index is 0.124. The summed E-state index contributed by atoms with van der Waals surface area (Å²) in [5, 5.41) is 0.745. The summed E-state index contributed by atoms with van der Waals surface area (Å²) < 4.78 is 91.5. The summed E-state index contributed by atoms with van der Waals surface area (Å²) in [5.41, 5.74) is 0. The highest BCUT2D eigenvalue weighted by molar-refractivity contribution is 7.89. The molecule has 0 atom stereocenters. The van der Waals surface area contributed by atoms with Crippen LogP contribution in [0.3, 0.4) is 0 Å². The van der Waals surface area contributed by atoms with Crippen LogP contribution in [0.2, 0.25) is 0 Å². The van der Waals surface area contributed by atoms with Gasteiger partial charge in [-0.3, -0.25) is 4.79 Å². The van der Waals surface area contributed by atoms with E-state index in [2.05, 4.69) is 0 Å². The van der Waals surface area contributed by atoms with Gasteiger partial charge in [0.25, 0.3) is 15.9 Å². The predicted octanol–water partition coefficient (Wildman–Crippen LogP) is 2.24. The summed E-state index contributed by atoms with van der Waals surface area (Å²) in [6, 6.07) is 1.79. The summed E-state index contributed by atoms with van der Waals surface area (Å²) in [7, 11) is -4.02. The fraction of sp³-hybridized carbons (Fsp3) is 0.583. The Balaban J connectivity index is 2.88. The molecule has 12 heteroatoms. The van der Waals surface area contributed by atoms with Crippen molar-refractivity contribution in [3.05, 3.63) is 17.9 Å². The van der Waals surface area contributed by atoms with E-state index in [1.54, 1.807) is 13.8 Å². The molecular formula is C12H15F5N2O4S. The van der Waals surface area contributed by atoms with Crippen LogP contribution in [0.15, 0.2) is 21.6 Å². The molecule has 0 aliphatic heterocycles. The normalized spacial score (nSPS) is 13.3. The first kappa shape index (κ1) is 20.4. The number of alkyl halides is 5. The lowest BCUT2D eigenvalue weighted by Gasteiger charge is -2.19. The zero-order valence-electron chi connectivity index (χ0n) is 12.7. The van der Waals surface area contributed by atoms with Crippen molar-refractivity contribution in [1.29, 1.82) is 0 Å². The maximum absolute atomic E-state index is 12.7. The van der Waals surface area contributed by atoms with Crippen LogP contribution < -0.4 is 5.32 Å². The van der Waals surface area contributed by atoms with E-state index in [9.17, 15) is 35.2 Å². The number of rotatable bonds is 7. The molecule has 0 saturated heterocycles. The highest BCUT2D eigenvalue weighted by Crippen LogP contribution is 2.34. The zero-order chi connectivity index (χ0) is 18.8. The van der Waals surface area contributed by atoms with Gasteiger partial charge in [-0.15, -0.1) is 0 Å². The van der Waals surface area contributed by atoms with Crippen LogP contribution in [0.25, 0.3) is 0 Å². The Morgan fingerprint density at radius 2 is 1.71 bits per heavy atom. The van der Waals surface area contributed by atoms with Gasteiger partial charge in [0.2, 0.25) is 5.09 Å². The van der Waals surface area contributed by atoms with Crippen molar-refractivity contribution in [1.82, 2.24) is 9.62 Å². The SMILES string of the molecule is CCN(CC)S(=O)(=O)c1ccc(C(=O)NCC(F)(F)C(F)(F)F)o1. The van der Waals surface area contributed by atoms with Gasteiger partial charge in [0.15, 0.2) is 5.76 Å². The topological polar surface area (TPSA) is 79.6 Å². The van der Waals surface area contributed by atoms with E-state index in [4.69, 9.17) is 4.42 Å². The standard InChI is InChI=1S/C12H15F5N2O4S/c1-3-19(4-2)24(21,22)9-6-5-8(23-9)10(20)18-7-11(13,14)12(15,16)17/h5-6H,3-4,7H2,1-2H3,(H,18,20). The molecule has 24 heavy (non-hydrogen) atoms. The van der Waals surface area contributed by atoms with Crippen molar-refractivity contribution in [3.8, 4) is 0 Å². The van der Waals surface area contributed by atoms with E-state index in [0.717, 1.165) is 16.4 Å². The molecule has 0 bridgehead atoms. The van der Waals surface area contributed by atoms with Crippen LogP contribution in [-0.4, -0.2) is 50.4 Å². The van der Waals surface area contributed by atoms with Gasteiger partial charge in [-0.1, -0.05) is 13.8 Å². The van der Waals surface area contributed by atoms with Gasteiger partial charge in [0, 0.05) is 13.1 Å².